The first-order valence-electron chi connectivity index (χ1n) is 12.9. The Bertz CT molecular complexity index is 1030. The summed E-state index contributed by atoms with van der Waals surface area (Å²) in [6.45, 7) is 9.47. The fourth-order valence-electron chi connectivity index (χ4n) is 6.26. The number of amides is 1. The summed E-state index contributed by atoms with van der Waals surface area (Å²) in [5.41, 5.74) is 2.99. The third kappa shape index (κ3) is 4.95. The first-order valence-corrected chi connectivity index (χ1v) is 13.7. The van der Waals surface area contributed by atoms with E-state index in [1.165, 1.54) is 22.6 Å². The van der Waals surface area contributed by atoms with Crippen LogP contribution in [0, 0.1) is 18.7 Å². The molecule has 6 heteroatoms. The molecule has 2 atom stereocenters. The number of aryl methyl sites for hydroxylation is 2. The number of likely N-dealkylation sites (tertiary alicyclic amines) is 1. The lowest BCUT2D eigenvalue weighted by molar-refractivity contribution is -0.123. The number of nitrogens with zero attached hydrogens (tertiary/aromatic N) is 1. The lowest BCUT2D eigenvalue weighted by atomic mass is 9.76. The van der Waals surface area contributed by atoms with Gasteiger partial charge in [-0.2, -0.15) is 0 Å². The molecule has 1 saturated heterocycles. The van der Waals surface area contributed by atoms with Gasteiger partial charge in [-0.1, -0.05) is 13.0 Å². The average Bonchev–Trinajstić information content (AvgIpc) is 3.18. The van der Waals surface area contributed by atoms with E-state index in [0.29, 0.717) is 12.0 Å². The number of rotatable bonds is 6. The van der Waals surface area contributed by atoms with E-state index in [0.717, 1.165) is 69.3 Å². The van der Waals surface area contributed by atoms with Crippen molar-refractivity contribution in [3.8, 4) is 0 Å². The Morgan fingerprint density at radius 2 is 2.12 bits per heavy atom. The second-order valence-corrected chi connectivity index (χ2v) is 11.9. The van der Waals surface area contributed by atoms with Gasteiger partial charge in [0, 0.05) is 41.3 Å². The number of hydrogen-bond donors (Lipinski definition) is 1. The Balaban J connectivity index is 1.10. The molecule has 2 aliphatic heterocycles. The molecule has 1 spiro atoms. The first kappa shape index (κ1) is 24.0. The summed E-state index contributed by atoms with van der Waals surface area (Å²) in [5.74, 6) is 0.353. The Kier molecular flexibility index (Phi) is 6.84. The van der Waals surface area contributed by atoms with Gasteiger partial charge in [0.25, 0.3) is 0 Å². The molecule has 3 heterocycles. The predicted octanol–water partition coefficient (Wildman–Crippen LogP) is 5.15. The highest BCUT2D eigenvalue weighted by molar-refractivity contribution is 7.12. The van der Waals surface area contributed by atoms with Crippen molar-refractivity contribution in [3.63, 3.8) is 0 Å². The molecule has 1 aromatic heterocycles. The van der Waals surface area contributed by atoms with Gasteiger partial charge in [-0.3, -0.25) is 4.79 Å². The topological polar surface area (TPSA) is 41.6 Å². The van der Waals surface area contributed by atoms with Gasteiger partial charge in [0.15, 0.2) is 0 Å². The zero-order chi connectivity index (χ0) is 23.9. The van der Waals surface area contributed by atoms with E-state index in [4.69, 9.17) is 4.74 Å². The maximum atomic E-state index is 13.6. The summed E-state index contributed by atoms with van der Waals surface area (Å²) < 4.78 is 20.1. The summed E-state index contributed by atoms with van der Waals surface area (Å²) in [6.07, 6.45) is 6.63. The third-order valence-electron chi connectivity index (χ3n) is 8.02. The van der Waals surface area contributed by atoms with Crippen LogP contribution in [0.4, 0.5) is 4.39 Å². The molecular formula is C28H37FN2O2S. The van der Waals surface area contributed by atoms with Crippen molar-refractivity contribution in [3.05, 3.63) is 56.5 Å². The average molecular weight is 485 g/mol. The van der Waals surface area contributed by atoms with Crippen molar-refractivity contribution in [2.24, 2.45) is 5.92 Å². The molecule has 2 aromatic rings. The Morgan fingerprint density at radius 3 is 2.85 bits per heavy atom. The van der Waals surface area contributed by atoms with Crippen LogP contribution in [0.3, 0.4) is 0 Å². The van der Waals surface area contributed by atoms with Crippen molar-refractivity contribution in [1.29, 1.82) is 0 Å². The number of carbonyl (C=O) groups is 1. The van der Waals surface area contributed by atoms with Crippen LogP contribution in [0.15, 0.2) is 24.3 Å². The summed E-state index contributed by atoms with van der Waals surface area (Å²) >= 11 is 1.99. The molecule has 2 fully saturated rings. The second-order valence-electron chi connectivity index (χ2n) is 10.7. The Morgan fingerprint density at radius 1 is 1.29 bits per heavy atom. The number of nitrogens with one attached hydrogen (secondary N) is 1. The van der Waals surface area contributed by atoms with Gasteiger partial charge in [0.05, 0.1) is 18.6 Å². The van der Waals surface area contributed by atoms with Crippen LogP contribution < -0.4 is 5.32 Å². The molecule has 5 rings (SSSR count). The lowest BCUT2D eigenvalue weighted by Crippen LogP contribution is -2.54. The third-order valence-corrected chi connectivity index (χ3v) is 9.36. The summed E-state index contributed by atoms with van der Waals surface area (Å²) in [5, 5.41) is 3.15. The molecule has 1 aromatic carbocycles. The smallest absolute Gasteiger partial charge is 0.224 e. The highest BCUT2D eigenvalue weighted by Gasteiger charge is 2.45. The molecule has 184 valence electrons. The fourth-order valence-corrected chi connectivity index (χ4v) is 7.44. The van der Waals surface area contributed by atoms with E-state index in [1.807, 2.05) is 24.3 Å². The van der Waals surface area contributed by atoms with Crippen LogP contribution in [0.25, 0.3) is 0 Å². The highest BCUT2D eigenvalue weighted by atomic mass is 32.1. The van der Waals surface area contributed by atoms with Crippen molar-refractivity contribution >= 4 is 17.2 Å². The molecule has 1 saturated carbocycles. The maximum Gasteiger partial charge on any atom is 0.224 e. The SMILES string of the molecule is CCc1cc2c(s1)CCO[C@@]21CCN(CC2CC(NC(=O)Cc3cc(C)cc(F)c3)C2)[C@@H](C)C1. The van der Waals surface area contributed by atoms with Crippen molar-refractivity contribution < 1.29 is 13.9 Å². The number of benzene rings is 1. The van der Waals surface area contributed by atoms with E-state index in [1.54, 1.807) is 4.88 Å². The number of hydrogen-bond acceptors (Lipinski definition) is 4. The summed E-state index contributed by atoms with van der Waals surface area (Å²) in [7, 11) is 0. The quantitative estimate of drug-likeness (QED) is 0.617. The Labute approximate surface area is 206 Å². The van der Waals surface area contributed by atoms with Gasteiger partial charge < -0.3 is 15.0 Å². The zero-order valence-electron chi connectivity index (χ0n) is 20.7. The van der Waals surface area contributed by atoms with Gasteiger partial charge in [-0.25, -0.2) is 4.39 Å². The second kappa shape index (κ2) is 9.71. The number of carbonyl (C=O) groups excluding carboxylic acids is 1. The van der Waals surface area contributed by atoms with Gasteiger partial charge >= 0.3 is 0 Å². The minimum absolute atomic E-state index is 0.00537. The number of piperidine rings is 1. The van der Waals surface area contributed by atoms with Gasteiger partial charge in [0.2, 0.25) is 5.91 Å². The number of ether oxygens (including phenoxy) is 1. The minimum atomic E-state index is -0.274. The largest absolute Gasteiger partial charge is 0.370 e. The van der Waals surface area contributed by atoms with Crippen LogP contribution in [0.5, 0.6) is 0 Å². The molecule has 0 bridgehead atoms. The van der Waals surface area contributed by atoms with Gasteiger partial charge in [-0.05, 0) is 86.8 Å². The molecular weight excluding hydrogens is 447 g/mol. The number of fused-ring (bicyclic) bond motifs is 2. The summed E-state index contributed by atoms with van der Waals surface area (Å²) in [6, 6.07) is 8.00. The monoisotopic (exact) mass is 484 g/mol. The molecule has 34 heavy (non-hydrogen) atoms. The van der Waals surface area contributed by atoms with E-state index >= 15 is 0 Å². The lowest BCUT2D eigenvalue weighted by Gasteiger charge is -2.49. The number of halogens is 1. The van der Waals surface area contributed by atoms with Gasteiger partial charge in [-0.15, -0.1) is 11.3 Å². The fraction of sp³-hybridized carbons (Fsp3) is 0.607. The molecule has 1 aliphatic carbocycles. The van der Waals surface area contributed by atoms with Crippen LogP contribution in [-0.2, 0) is 34.4 Å². The summed E-state index contributed by atoms with van der Waals surface area (Å²) in [4.78, 5) is 18.1. The zero-order valence-corrected chi connectivity index (χ0v) is 21.5. The first-order chi connectivity index (χ1) is 16.3. The normalized spacial score (nSPS) is 29.0. The highest BCUT2D eigenvalue weighted by Crippen LogP contribution is 2.46. The predicted molar refractivity (Wildman–Crippen MR) is 135 cm³/mol. The van der Waals surface area contributed by atoms with Crippen LogP contribution in [0.2, 0.25) is 0 Å². The van der Waals surface area contributed by atoms with Crippen molar-refractivity contribution in [2.45, 2.75) is 83.4 Å². The standard InChI is InChI=1S/C28H37FN2O2S/c1-4-24-15-25-26(34-24)5-8-33-28(25)6-7-31(19(3)16-28)17-21-12-23(13-21)30-27(32)14-20-9-18(2)10-22(29)11-20/h9-11,15,19,21,23H,4-8,12-14,16-17H2,1-3H3,(H,30,32)/t19-,21?,23?,28+/m0/s1. The van der Waals surface area contributed by atoms with Crippen molar-refractivity contribution in [1.82, 2.24) is 10.2 Å². The van der Waals surface area contributed by atoms with Crippen LogP contribution in [0.1, 0.15) is 66.0 Å². The molecule has 1 amide bonds. The van der Waals surface area contributed by atoms with Crippen LogP contribution >= 0.6 is 11.3 Å². The van der Waals surface area contributed by atoms with E-state index in [-0.39, 0.29) is 29.8 Å². The van der Waals surface area contributed by atoms with E-state index in [9.17, 15) is 9.18 Å². The van der Waals surface area contributed by atoms with Crippen LogP contribution in [-0.4, -0.2) is 42.6 Å². The van der Waals surface area contributed by atoms with Crippen molar-refractivity contribution in [2.75, 3.05) is 19.7 Å². The molecule has 1 N–H and O–H groups in total. The molecule has 4 nitrogen and oxygen atoms in total. The van der Waals surface area contributed by atoms with E-state index < -0.39 is 0 Å². The van der Waals surface area contributed by atoms with E-state index in [2.05, 4.69) is 30.1 Å². The molecule has 0 radical (unpaired) electrons. The maximum absolute atomic E-state index is 13.6. The van der Waals surface area contributed by atoms with Gasteiger partial charge in [0.1, 0.15) is 5.82 Å². The minimum Gasteiger partial charge on any atom is -0.370 e. The molecule has 0 unspecified atom stereocenters. The Hall–Kier alpha value is -1.76. The molecule has 3 aliphatic rings. The number of thiophene rings is 1.